The maximum Gasteiger partial charge on any atom is 0.204 e. The predicted molar refractivity (Wildman–Crippen MR) is 64.5 cm³/mol. The van der Waals surface area contributed by atoms with Gasteiger partial charge < -0.3 is 5.32 Å². The monoisotopic (exact) mass is 231 g/mol. The highest BCUT2D eigenvalue weighted by Crippen LogP contribution is 2.15. The van der Waals surface area contributed by atoms with E-state index in [4.69, 9.17) is 12.2 Å². The molecule has 5 heteroatoms. The molecule has 80 valence electrons. The van der Waals surface area contributed by atoms with Crippen molar-refractivity contribution in [1.82, 2.24) is 10.2 Å². The predicted octanol–water partition coefficient (Wildman–Crippen LogP) is 3.44. The molecular weight excluding hydrogens is 214 g/mol. The molecule has 0 bridgehead atoms. The SMILES string of the molecule is CC(C)CCC(C)Nc1n[nH]c(=S)s1. The zero-order valence-corrected chi connectivity index (χ0v) is 10.5. The topological polar surface area (TPSA) is 40.7 Å². The number of rotatable bonds is 5. The molecule has 1 aromatic heterocycles. The fourth-order valence-corrected chi connectivity index (χ4v) is 2.06. The molecule has 0 saturated heterocycles. The Morgan fingerprint density at radius 2 is 2.14 bits per heavy atom. The molecule has 0 amide bonds. The molecule has 0 aliphatic rings. The van der Waals surface area contributed by atoms with Crippen molar-refractivity contribution < 1.29 is 0 Å². The van der Waals surface area contributed by atoms with E-state index in [9.17, 15) is 0 Å². The van der Waals surface area contributed by atoms with Crippen molar-refractivity contribution in [3.05, 3.63) is 3.95 Å². The first-order chi connectivity index (χ1) is 6.58. The molecule has 0 saturated carbocycles. The molecule has 0 aromatic carbocycles. The summed E-state index contributed by atoms with van der Waals surface area (Å²) in [6.45, 7) is 6.66. The average molecular weight is 231 g/mol. The first-order valence-electron chi connectivity index (χ1n) is 4.90. The van der Waals surface area contributed by atoms with E-state index in [0.717, 1.165) is 15.0 Å². The summed E-state index contributed by atoms with van der Waals surface area (Å²) in [5.74, 6) is 0.761. The Labute approximate surface area is 93.9 Å². The number of hydrogen-bond acceptors (Lipinski definition) is 4. The lowest BCUT2D eigenvalue weighted by atomic mass is 10.0. The van der Waals surface area contributed by atoms with Gasteiger partial charge in [-0.15, -0.1) is 5.10 Å². The first-order valence-corrected chi connectivity index (χ1v) is 6.12. The number of aromatic amines is 1. The third-order valence-corrected chi connectivity index (χ3v) is 3.01. The van der Waals surface area contributed by atoms with Gasteiger partial charge in [-0.3, -0.25) is 5.10 Å². The van der Waals surface area contributed by atoms with Crippen molar-refractivity contribution in [2.75, 3.05) is 5.32 Å². The largest absolute Gasteiger partial charge is 0.358 e. The van der Waals surface area contributed by atoms with Gasteiger partial charge in [0.05, 0.1) is 0 Å². The summed E-state index contributed by atoms with van der Waals surface area (Å²) in [5, 5.41) is 11.0. The number of H-pyrrole nitrogens is 1. The Bertz CT molecular complexity index is 316. The average Bonchev–Trinajstić information content (AvgIpc) is 2.48. The molecule has 1 atom stereocenters. The summed E-state index contributed by atoms with van der Waals surface area (Å²) < 4.78 is 0.726. The van der Waals surface area contributed by atoms with Crippen LogP contribution in [0.25, 0.3) is 0 Å². The van der Waals surface area contributed by atoms with E-state index < -0.39 is 0 Å². The fourth-order valence-electron chi connectivity index (χ4n) is 1.16. The lowest BCUT2D eigenvalue weighted by molar-refractivity contribution is 0.527. The number of nitrogens with one attached hydrogen (secondary N) is 2. The number of anilines is 1. The smallest absolute Gasteiger partial charge is 0.204 e. The van der Waals surface area contributed by atoms with E-state index in [1.807, 2.05) is 0 Å². The van der Waals surface area contributed by atoms with E-state index in [-0.39, 0.29) is 0 Å². The summed E-state index contributed by atoms with van der Waals surface area (Å²) in [5.41, 5.74) is 0. The maximum atomic E-state index is 4.95. The zero-order valence-electron chi connectivity index (χ0n) is 8.83. The van der Waals surface area contributed by atoms with Crippen LogP contribution in [0.15, 0.2) is 0 Å². The zero-order chi connectivity index (χ0) is 10.6. The van der Waals surface area contributed by atoms with Crippen molar-refractivity contribution in [1.29, 1.82) is 0 Å². The van der Waals surface area contributed by atoms with Gasteiger partial charge in [-0.25, -0.2) is 0 Å². The quantitative estimate of drug-likeness (QED) is 0.763. The molecule has 1 rings (SSSR count). The van der Waals surface area contributed by atoms with Gasteiger partial charge >= 0.3 is 0 Å². The van der Waals surface area contributed by atoms with Crippen LogP contribution in [0.3, 0.4) is 0 Å². The van der Waals surface area contributed by atoms with Gasteiger partial charge in [0.2, 0.25) is 5.13 Å². The maximum absolute atomic E-state index is 4.95. The Morgan fingerprint density at radius 1 is 1.43 bits per heavy atom. The van der Waals surface area contributed by atoms with Crippen LogP contribution in [0.1, 0.15) is 33.6 Å². The molecular formula is C9H17N3S2. The van der Waals surface area contributed by atoms with Crippen LogP contribution in [0.2, 0.25) is 0 Å². The summed E-state index contributed by atoms with van der Waals surface area (Å²) in [7, 11) is 0. The summed E-state index contributed by atoms with van der Waals surface area (Å²) >= 11 is 6.44. The normalized spacial score (nSPS) is 13.1. The van der Waals surface area contributed by atoms with Gasteiger partial charge in [-0.05, 0) is 37.9 Å². The molecule has 0 fully saturated rings. The number of aromatic nitrogens is 2. The van der Waals surface area contributed by atoms with Gasteiger partial charge in [0, 0.05) is 6.04 Å². The summed E-state index contributed by atoms with van der Waals surface area (Å²) in [6, 6.07) is 0.464. The van der Waals surface area contributed by atoms with E-state index in [1.165, 1.54) is 24.2 Å². The van der Waals surface area contributed by atoms with E-state index >= 15 is 0 Å². The summed E-state index contributed by atoms with van der Waals surface area (Å²) in [6.07, 6.45) is 2.41. The van der Waals surface area contributed by atoms with Crippen LogP contribution in [0, 0.1) is 9.87 Å². The Kier molecular flexibility index (Phi) is 4.54. The van der Waals surface area contributed by atoms with Crippen molar-refractivity contribution in [2.45, 2.75) is 39.7 Å². The van der Waals surface area contributed by atoms with Gasteiger partial charge in [-0.1, -0.05) is 25.2 Å². The van der Waals surface area contributed by atoms with E-state index in [1.54, 1.807) is 0 Å². The number of hydrogen-bond donors (Lipinski definition) is 2. The van der Waals surface area contributed by atoms with Gasteiger partial charge in [0.15, 0.2) is 3.95 Å². The fraction of sp³-hybridized carbons (Fsp3) is 0.778. The second-order valence-corrected chi connectivity index (χ2v) is 5.60. The minimum absolute atomic E-state index is 0.464. The van der Waals surface area contributed by atoms with Crippen LogP contribution in [-0.4, -0.2) is 16.2 Å². The number of nitrogens with zero attached hydrogens (tertiary/aromatic N) is 1. The molecule has 14 heavy (non-hydrogen) atoms. The molecule has 0 spiro atoms. The summed E-state index contributed by atoms with van der Waals surface area (Å²) in [4.78, 5) is 0. The molecule has 0 aliphatic carbocycles. The lowest BCUT2D eigenvalue weighted by Gasteiger charge is -2.13. The van der Waals surface area contributed by atoms with Gasteiger partial charge in [0.25, 0.3) is 0 Å². The third-order valence-electron chi connectivity index (χ3n) is 1.99. The first kappa shape index (κ1) is 11.7. The van der Waals surface area contributed by atoms with Crippen molar-refractivity contribution >= 4 is 28.7 Å². The molecule has 0 radical (unpaired) electrons. The van der Waals surface area contributed by atoms with Crippen LogP contribution in [0.4, 0.5) is 5.13 Å². The Balaban J connectivity index is 2.33. The highest BCUT2D eigenvalue weighted by molar-refractivity contribution is 7.73. The van der Waals surface area contributed by atoms with Gasteiger partial charge in [0.1, 0.15) is 0 Å². The standard InChI is InChI=1S/C9H17N3S2/c1-6(2)4-5-7(3)10-8-11-12-9(13)14-8/h6-7H,4-5H2,1-3H3,(H,10,11)(H,12,13). The molecule has 2 N–H and O–H groups in total. The van der Waals surface area contributed by atoms with Crippen LogP contribution < -0.4 is 5.32 Å². The minimum atomic E-state index is 0.464. The van der Waals surface area contributed by atoms with Crippen molar-refractivity contribution in [3.63, 3.8) is 0 Å². The minimum Gasteiger partial charge on any atom is -0.358 e. The molecule has 0 aliphatic heterocycles. The van der Waals surface area contributed by atoms with E-state index in [0.29, 0.717) is 6.04 Å². The second kappa shape index (κ2) is 5.46. The molecule has 1 aromatic rings. The van der Waals surface area contributed by atoms with Crippen LogP contribution in [-0.2, 0) is 0 Å². The highest BCUT2D eigenvalue weighted by atomic mass is 32.1. The highest BCUT2D eigenvalue weighted by Gasteiger charge is 2.05. The second-order valence-electron chi connectivity index (χ2n) is 3.93. The van der Waals surface area contributed by atoms with Crippen LogP contribution >= 0.6 is 23.6 Å². The Morgan fingerprint density at radius 3 is 2.64 bits per heavy atom. The van der Waals surface area contributed by atoms with Gasteiger partial charge in [-0.2, -0.15) is 0 Å². The van der Waals surface area contributed by atoms with Crippen molar-refractivity contribution in [2.24, 2.45) is 5.92 Å². The molecule has 1 unspecified atom stereocenters. The van der Waals surface area contributed by atoms with Crippen LogP contribution in [0.5, 0.6) is 0 Å². The molecule has 3 nitrogen and oxygen atoms in total. The third kappa shape index (κ3) is 4.19. The van der Waals surface area contributed by atoms with E-state index in [2.05, 4.69) is 36.3 Å². The van der Waals surface area contributed by atoms with Crippen molar-refractivity contribution in [3.8, 4) is 0 Å². The molecule has 1 heterocycles. The Hall–Kier alpha value is -0.420. The lowest BCUT2D eigenvalue weighted by Crippen LogP contribution is -2.15.